The molecule has 4 heteroatoms. The Labute approximate surface area is 83.1 Å². The van der Waals surface area contributed by atoms with Crippen LogP contribution in [0.5, 0.6) is 0 Å². The molecule has 76 valence electrons. The van der Waals surface area contributed by atoms with Crippen LogP contribution in [-0.4, -0.2) is 23.2 Å². The minimum absolute atomic E-state index is 0.494. The van der Waals surface area contributed by atoms with E-state index < -0.39 is 0 Å². The topological polar surface area (TPSA) is 51.0 Å². The van der Waals surface area contributed by atoms with Gasteiger partial charge in [-0.05, 0) is 12.3 Å². The van der Waals surface area contributed by atoms with Crippen LogP contribution < -0.4 is 5.32 Å². The first kappa shape index (κ1) is 8.41. The Balaban J connectivity index is 1.58. The smallest absolute Gasteiger partial charge is 0.226 e. The van der Waals surface area contributed by atoms with Gasteiger partial charge in [0.2, 0.25) is 5.89 Å². The van der Waals surface area contributed by atoms with Gasteiger partial charge < -0.3 is 9.84 Å². The average molecular weight is 193 g/mol. The number of hydrogen-bond donors (Lipinski definition) is 1. The number of nitrogens with one attached hydrogen (secondary N) is 1. The summed E-state index contributed by atoms with van der Waals surface area (Å²) in [5.74, 6) is 3.16. The van der Waals surface area contributed by atoms with Gasteiger partial charge in [-0.3, -0.25) is 0 Å². The maximum atomic E-state index is 5.21. The van der Waals surface area contributed by atoms with E-state index in [9.17, 15) is 0 Å². The van der Waals surface area contributed by atoms with Crippen molar-refractivity contribution in [2.45, 2.75) is 31.6 Å². The SMILES string of the molecule is C(CC1CC1)c1nc(C2CNC2)no1. The van der Waals surface area contributed by atoms with Crippen LogP contribution in [0.3, 0.4) is 0 Å². The molecule has 1 N–H and O–H groups in total. The van der Waals surface area contributed by atoms with Gasteiger partial charge in [-0.1, -0.05) is 18.0 Å². The van der Waals surface area contributed by atoms with Gasteiger partial charge in [-0.25, -0.2) is 0 Å². The van der Waals surface area contributed by atoms with Crippen LogP contribution in [0.15, 0.2) is 4.52 Å². The number of rotatable bonds is 4. The number of aromatic nitrogens is 2. The highest BCUT2D eigenvalue weighted by molar-refractivity contribution is 5.02. The zero-order valence-electron chi connectivity index (χ0n) is 8.20. The summed E-state index contributed by atoms with van der Waals surface area (Å²) in [6.45, 7) is 2.00. The van der Waals surface area contributed by atoms with Crippen molar-refractivity contribution < 1.29 is 4.52 Å². The zero-order chi connectivity index (χ0) is 9.38. The molecule has 1 aliphatic heterocycles. The summed E-state index contributed by atoms with van der Waals surface area (Å²) in [5.41, 5.74) is 0. The van der Waals surface area contributed by atoms with Crippen molar-refractivity contribution in [1.29, 1.82) is 0 Å². The molecule has 0 atom stereocenters. The van der Waals surface area contributed by atoms with Crippen molar-refractivity contribution in [3.8, 4) is 0 Å². The van der Waals surface area contributed by atoms with E-state index in [1.54, 1.807) is 0 Å². The fourth-order valence-electron chi connectivity index (χ4n) is 1.74. The molecule has 0 unspecified atom stereocenters. The summed E-state index contributed by atoms with van der Waals surface area (Å²) < 4.78 is 5.21. The van der Waals surface area contributed by atoms with Crippen LogP contribution >= 0.6 is 0 Å². The number of aryl methyl sites for hydroxylation is 1. The lowest BCUT2D eigenvalue weighted by Crippen LogP contribution is -2.40. The van der Waals surface area contributed by atoms with Crippen LogP contribution in [-0.2, 0) is 6.42 Å². The first-order valence-electron chi connectivity index (χ1n) is 5.45. The summed E-state index contributed by atoms with van der Waals surface area (Å²) in [4.78, 5) is 4.41. The first-order chi connectivity index (χ1) is 6.92. The molecule has 1 aromatic heterocycles. The summed E-state index contributed by atoms with van der Waals surface area (Å²) in [6.07, 6.45) is 4.99. The molecule has 3 rings (SSSR count). The van der Waals surface area contributed by atoms with E-state index in [0.717, 1.165) is 37.1 Å². The second-order valence-electron chi connectivity index (χ2n) is 4.38. The molecular formula is C10H15N3O. The Kier molecular flexibility index (Phi) is 2.01. The van der Waals surface area contributed by atoms with E-state index in [1.165, 1.54) is 19.3 Å². The monoisotopic (exact) mass is 193 g/mol. The van der Waals surface area contributed by atoms with Crippen molar-refractivity contribution in [2.75, 3.05) is 13.1 Å². The van der Waals surface area contributed by atoms with Crippen LogP contribution in [0.2, 0.25) is 0 Å². The molecule has 0 bridgehead atoms. The van der Waals surface area contributed by atoms with E-state index >= 15 is 0 Å². The van der Waals surface area contributed by atoms with Gasteiger partial charge in [0, 0.05) is 25.4 Å². The van der Waals surface area contributed by atoms with Crippen LogP contribution in [0.1, 0.15) is 36.9 Å². The van der Waals surface area contributed by atoms with Crippen LogP contribution in [0.4, 0.5) is 0 Å². The molecule has 2 aliphatic rings. The van der Waals surface area contributed by atoms with Gasteiger partial charge in [0.25, 0.3) is 0 Å². The van der Waals surface area contributed by atoms with Crippen LogP contribution in [0.25, 0.3) is 0 Å². The van der Waals surface area contributed by atoms with E-state index in [0.29, 0.717) is 5.92 Å². The first-order valence-corrected chi connectivity index (χ1v) is 5.45. The molecule has 1 saturated heterocycles. The van der Waals surface area contributed by atoms with E-state index in [1.807, 2.05) is 0 Å². The minimum Gasteiger partial charge on any atom is -0.339 e. The molecule has 2 fully saturated rings. The normalized spacial score (nSPS) is 22.3. The fourth-order valence-corrected chi connectivity index (χ4v) is 1.74. The van der Waals surface area contributed by atoms with E-state index in [2.05, 4.69) is 15.5 Å². The molecule has 14 heavy (non-hydrogen) atoms. The van der Waals surface area contributed by atoms with Gasteiger partial charge in [-0.2, -0.15) is 4.98 Å². The summed E-state index contributed by atoms with van der Waals surface area (Å²) in [6, 6.07) is 0. The number of hydrogen-bond acceptors (Lipinski definition) is 4. The second kappa shape index (κ2) is 3.35. The molecule has 1 saturated carbocycles. The van der Waals surface area contributed by atoms with E-state index in [4.69, 9.17) is 4.52 Å². The van der Waals surface area contributed by atoms with Crippen molar-refractivity contribution in [2.24, 2.45) is 5.92 Å². The Morgan fingerprint density at radius 3 is 2.86 bits per heavy atom. The third-order valence-corrected chi connectivity index (χ3v) is 3.09. The highest BCUT2D eigenvalue weighted by Gasteiger charge is 2.25. The molecule has 0 amide bonds. The van der Waals surface area contributed by atoms with Crippen molar-refractivity contribution in [3.63, 3.8) is 0 Å². The Hall–Kier alpha value is -0.900. The maximum Gasteiger partial charge on any atom is 0.226 e. The predicted molar refractivity (Wildman–Crippen MR) is 51.0 cm³/mol. The maximum absolute atomic E-state index is 5.21. The highest BCUT2D eigenvalue weighted by Crippen LogP contribution is 2.33. The van der Waals surface area contributed by atoms with Gasteiger partial charge in [0.1, 0.15) is 0 Å². The predicted octanol–water partition coefficient (Wildman–Crippen LogP) is 1.10. The standard InChI is InChI=1S/C10H15N3O/c1-2-7(1)3-4-9-12-10(13-14-9)8-5-11-6-8/h7-8,11H,1-6H2. The molecule has 0 spiro atoms. The zero-order valence-corrected chi connectivity index (χ0v) is 8.20. The third kappa shape index (κ3) is 1.66. The molecule has 4 nitrogen and oxygen atoms in total. The number of nitrogens with zero attached hydrogens (tertiary/aromatic N) is 2. The van der Waals surface area contributed by atoms with Crippen LogP contribution in [0, 0.1) is 5.92 Å². The Bertz CT molecular complexity index is 315. The molecule has 1 aromatic rings. The fraction of sp³-hybridized carbons (Fsp3) is 0.800. The Morgan fingerprint density at radius 1 is 1.36 bits per heavy atom. The van der Waals surface area contributed by atoms with E-state index in [-0.39, 0.29) is 0 Å². The molecular weight excluding hydrogens is 178 g/mol. The molecule has 2 heterocycles. The lowest BCUT2D eigenvalue weighted by Gasteiger charge is -2.23. The summed E-state index contributed by atoms with van der Waals surface area (Å²) in [7, 11) is 0. The van der Waals surface area contributed by atoms with Crippen molar-refractivity contribution in [3.05, 3.63) is 11.7 Å². The van der Waals surface area contributed by atoms with Gasteiger partial charge >= 0.3 is 0 Å². The van der Waals surface area contributed by atoms with Crippen molar-refractivity contribution >= 4 is 0 Å². The van der Waals surface area contributed by atoms with Crippen molar-refractivity contribution in [1.82, 2.24) is 15.5 Å². The molecule has 0 aromatic carbocycles. The average Bonchev–Trinajstić information content (AvgIpc) is 2.82. The Morgan fingerprint density at radius 2 is 2.21 bits per heavy atom. The van der Waals surface area contributed by atoms with Gasteiger partial charge in [0.05, 0.1) is 0 Å². The highest BCUT2D eigenvalue weighted by atomic mass is 16.5. The lowest BCUT2D eigenvalue weighted by atomic mass is 10.0. The van der Waals surface area contributed by atoms with Gasteiger partial charge in [-0.15, -0.1) is 0 Å². The summed E-state index contributed by atoms with van der Waals surface area (Å²) in [5, 5.41) is 7.22. The largest absolute Gasteiger partial charge is 0.339 e. The van der Waals surface area contributed by atoms with Gasteiger partial charge in [0.15, 0.2) is 5.82 Å². The molecule has 1 aliphatic carbocycles. The minimum atomic E-state index is 0.494. The quantitative estimate of drug-likeness (QED) is 0.778. The summed E-state index contributed by atoms with van der Waals surface area (Å²) >= 11 is 0. The lowest BCUT2D eigenvalue weighted by molar-refractivity contribution is 0.352. The molecule has 0 radical (unpaired) electrons. The second-order valence-corrected chi connectivity index (χ2v) is 4.38. The third-order valence-electron chi connectivity index (χ3n) is 3.09.